The SMILES string of the molecule is CCCCCCCCCC/C=C\CCCCCCCCCCCCCC(=O)OC(COCCCCCCCCCCCCCCCCCCC)COP(=O)(O)OCC(N)C(=O)O. The molecule has 0 bridgehead atoms. The van der Waals surface area contributed by atoms with Gasteiger partial charge in [0.1, 0.15) is 12.1 Å². The third-order valence-electron chi connectivity index (χ3n) is 11.8. The lowest BCUT2D eigenvalue weighted by Crippen LogP contribution is -2.34. The van der Waals surface area contributed by atoms with Gasteiger partial charge in [-0.05, 0) is 38.5 Å². The predicted octanol–water partition coefficient (Wildman–Crippen LogP) is 15.3. The van der Waals surface area contributed by atoms with Crippen molar-refractivity contribution in [2.45, 2.75) is 276 Å². The maximum absolute atomic E-state index is 12.7. The van der Waals surface area contributed by atoms with Gasteiger partial charge < -0.3 is 25.2 Å². The minimum atomic E-state index is -4.62. The Morgan fingerprint density at radius 3 is 1.23 bits per heavy atom. The molecule has 3 atom stereocenters. The molecule has 0 rings (SSSR count). The van der Waals surface area contributed by atoms with Crippen molar-refractivity contribution in [1.29, 1.82) is 0 Å². The van der Waals surface area contributed by atoms with E-state index in [9.17, 15) is 19.0 Å². The zero-order chi connectivity index (χ0) is 45.5. The Labute approximate surface area is 382 Å². The number of unbranched alkanes of at least 4 members (excludes halogenated alkanes) is 35. The fourth-order valence-electron chi connectivity index (χ4n) is 7.72. The van der Waals surface area contributed by atoms with Crippen LogP contribution in [0.3, 0.4) is 0 Å². The highest BCUT2D eigenvalue weighted by Gasteiger charge is 2.27. The number of carbonyl (C=O) groups excluding carboxylic acids is 1. The number of aliphatic carboxylic acids is 1. The molecule has 10 nitrogen and oxygen atoms in total. The largest absolute Gasteiger partial charge is 0.480 e. The van der Waals surface area contributed by atoms with E-state index >= 15 is 0 Å². The quantitative estimate of drug-likeness (QED) is 0.0233. The summed E-state index contributed by atoms with van der Waals surface area (Å²) in [5.74, 6) is -1.76. The first kappa shape index (κ1) is 60.7. The summed E-state index contributed by atoms with van der Waals surface area (Å²) in [6.45, 7) is 3.95. The highest BCUT2D eigenvalue weighted by atomic mass is 31.2. The minimum Gasteiger partial charge on any atom is -0.480 e. The highest BCUT2D eigenvalue weighted by molar-refractivity contribution is 7.47. The fraction of sp³-hybridized carbons (Fsp3) is 0.922. The molecule has 0 aromatic heterocycles. The summed E-state index contributed by atoms with van der Waals surface area (Å²) in [5, 5.41) is 8.93. The average Bonchev–Trinajstić information content (AvgIpc) is 3.25. The molecule has 0 aliphatic carbocycles. The van der Waals surface area contributed by atoms with Crippen molar-refractivity contribution < 1.29 is 42.7 Å². The lowest BCUT2D eigenvalue weighted by Gasteiger charge is -2.20. The molecule has 0 saturated carbocycles. The molecule has 62 heavy (non-hydrogen) atoms. The van der Waals surface area contributed by atoms with Crippen molar-refractivity contribution in [3.63, 3.8) is 0 Å². The van der Waals surface area contributed by atoms with Crippen LogP contribution in [0.2, 0.25) is 0 Å². The summed E-state index contributed by atoms with van der Waals surface area (Å²) < 4.78 is 33.5. The van der Waals surface area contributed by atoms with Crippen molar-refractivity contribution >= 4 is 19.8 Å². The van der Waals surface area contributed by atoms with Gasteiger partial charge >= 0.3 is 19.8 Å². The molecule has 0 spiro atoms. The zero-order valence-electron chi connectivity index (χ0n) is 40.5. The molecular weight excluding hydrogens is 802 g/mol. The monoisotopic (exact) mass is 902 g/mol. The van der Waals surface area contributed by atoms with Gasteiger partial charge in [0.25, 0.3) is 0 Å². The zero-order valence-corrected chi connectivity index (χ0v) is 41.4. The number of phosphoric acid groups is 1. The molecule has 368 valence electrons. The second-order valence-corrected chi connectivity index (χ2v) is 19.5. The summed E-state index contributed by atoms with van der Waals surface area (Å²) in [7, 11) is -4.62. The molecule has 11 heteroatoms. The molecule has 0 saturated heterocycles. The van der Waals surface area contributed by atoms with Crippen LogP contribution >= 0.6 is 7.82 Å². The van der Waals surface area contributed by atoms with Crippen molar-refractivity contribution in [3.05, 3.63) is 12.2 Å². The van der Waals surface area contributed by atoms with Gasteiger partial charge in [0.2, 0.25) is 0 Å². The first-order valence-corrected chi connectivity index (χ1v) is 27.7. The molecule has 0 heterocycles. The van der Waals surface area contributed by atoms with E-state index in [4.69, 9.17) is 29.4 Å². The third kappa shape index (κ3) is 46.7. The van der Waals surface area contributed by atoms with E-state index in [1.165, 1.54) is 205 Å². The summed E-state index contributed by atoms with van der Waals surface area (Å²) in [6.07, 6.45) is 52.7. The number of ether oxygens (including phenoxy) is 2. The van der Waals surface area contributed by atoms with Crippen LogP contribution in [0.15, 0.2) is 12.2 Å². The number of rotatable bonds is 51. The Morgan fingerprint density at radius 1 is 0.500 bits per heavy atom. The van der Waals surface area contributed by atoms with E-state index in [0.29, 0.717) is 6.61 Å². The molecule has 0 aromatic rings. The number of hydrogen-bond donors (Lipinski definition) is 3. The van der Waals surface area contributed by atoms with Crippen LogP contribution in [0.4, 0.5) is 0 Å². The molecule has 0 aromatic carbocycles. The van der Waals surface area contributed by atoms with E-state index in [0.717, 1.165) is 38.5 Å². The van der Waals surface area contributed by atoms with Crippen LogP contribution in [-0.4, -0.2) is 60.5 Å². The number of phosphoric ester groups is 1. The van der Waals surface area contributed by atoms with E-state index < -0.39 is 45.1 Å². The van der Waals surface area contributed by atoms with Crippen LogP contribution < -0.4 is 5.73 Å². The molecule has 0 radical (unpaired) electrons. The van der Waals surface area contributed by atoms with Gasteiger partial charge in [0, 0.05) is 13.0 Å². The average molecular weight is 902 g/mol. The first-order valence-electron chi connectivity index (χ1n) is 26.2. The second kappa shape index (κ2) is 47.7. The molecule has 0 fully saturated rings. The van der Waals surface area contributed by atoms with Crippen LogP contribution in [0.5, 0.6) is 0 Å². The standard InChI is InChI=1S/C51H100NO9P/c1-3-5-7-9-11-13-15-17-19-21-22-23-24-25-26-27-29-31-33-35-37-39-41-43-50(53)61-48(46-59-62(56,57)60-47-49(52)51(54)55)45-58-44-42-40-38-36-34-32-30-28-20-18-16-14-12-10-8-6-4-2/h21-22,48-49H,3-20,23-47,52H2,1-2H3,(H,54,55)(H,56,57)/b22-21-. The number of carboxylic acid groups (broad SMARTS) is 1. The highest BCUT2D eigenvalue weighted by Crippen LogP contribution is 2.43. The van der Waals surface area contributed by atoms with Crippen molar-refractivity contribution in [3.8, 4) is 0 Å². The summed E-state index contributed by atoms with van der Waals surface area (Å²) in [4.78, 5) is 33.7. The molecule has 0 aliphatic heterocycles. The van der Waals surface area contributed by atoms with Crippen molar-refractivity contribution in [1.82, 2.24) is 0 Å². The Morgan fingerprint density at radius 2 is 0.839 bits per heavy atom. The Balaban J connectivity index is 4.08. The van der Waals surface area contributed by atoms with Crippen LogP contribution in [-0.2, 0) is 32.7 Å². The van der Waals surface area contributed by atoms with Gasteiger partial charge in [-0.25, -0.2) is 4.57 Å². The number of allylic oxidation sites excluding steroid dienone is 2. The minimum absolute atomic E-state index is 0.0235. The Bertz CT molecular complexity index is 1040. The topological polar surface area (TPSA) is 155 Å². The van der Waals surface area contributed by atoms with Gasteiger partial charge in [-0.1, -0.05) is 231 Å². The Kier molecular flexibility index (Phi) is 46.7. The lowest BCUT2D eigenvalue weighted by molar-refractivity contribution is -0.154. The smallest absolute Gasteiger partial charge is 0.472 e. The molecule has 4 N–H and O–H groups in total. The third-order valence-corrected chi connectivity index (χ3v) is 12.7. The predicted molar refractivity (Wildman–Crippen MR) is 259 cm³/mol. The number of carboxylic acids is 1. The van der Waals surface area contributed by atoms with Gasteiger partial charge in [-0.3, -0.25) is 18.6 Å². The van der Waals surface area contributed by atoms with Crippen molar-refractivity contribution in [2.75, 3.05) is 26.4 Å². The van der Waals surface area contributed by atoms with Gasteiger partial charge in [0.15, 0.2) is 0 Å². The molecule has 0 amide bonds. The Hall–Kier alpha value is -1.29. The van der Waals surface area contributed by atoms with Crippen LogP contribution in [0, 0.1) is 0 Å². The molecular formula is C51H100NO9P. The summed E-state index contributed by atoms with van der Waals surface area (Å²) >= 11 is 0. The van der Waals surface area contributed by atoms with Gasteiger partial charge in [-0.15, -0.1) is 0 Å². The van der Waals surface area contributed by atoms with Crippen LogP contribution in [0.25, 0.3) is 0 Å². The van der Waals surface area contributed by atoms with Crippen molar-refractivity contribution in [2.24, 2.45) is 5.73 Å². The maximum atomic E-state index is 12.7. The maximum Gasteiger partial charge on any atom is 0.472 e. The normalized spacial score (nSPS) is 13.7. The summed E-state index contributed by atoms with van der Waals surface area (Å²) in [6, 6.07) is -1.47. The number of esters is 1. The van der Waals surface area contributed by atoms with E-state index in [-0.39, 0.29) is 13.0 Å². The van der Waals surface area contributed by atoms with Gasteiger partial charge in [0.05, 0.1) is 19.8 Å². The van der Waals surface area contributed by atoms with E-state index in [1.807, 2.05) is 0 Å². The first-order chi connectivity index (χ1) is 30.2. The van der Waals surface area contributed by atoms with E-state index in [1.54, 1.807) is 0 Å². The number of nitrogens with two attached hydrogens (primary N) is 1. The van der Waals surface area contributed by atoms with Gasteiger partial charge in [-0.2, -0.15) is 0 Å². The molecule has 3 unspecified atom stereocenters. The lowest BCUT2D eigenvalue weighted by atomic mass is 10.0. The number of hydrogen-bond acceptors (Lipinski definition) is 8. The summed E-state index contributed by atoms with van der Waals surface area (Å²) in [5.41, 5.74) is 5.38. The fourth-order valence-corrected chi connectivity index (χ4v) is 8.50. The van der Waals surface area contributed by atoms with E-state index in [2.05, 4.69) is 26.0 Å². The van der Waals surface area contributed by atoms with Crippen LogP contribution in [0.1, 0.15) is 264 Å². The second-order valence-electron chi connectivity index (χ2n) is 18.0. The number of carbonyl (C=O) groups is 2. The molecule has 0 aliphatic rings.